The van der Waals surface area contributed by atoms with Gasteiger partial charge in [0.05, 0.1) is 17.2 Å². The van der Waals surface area contributed by atoms with E-state index >= 15 is 0 Å². The van der Waals surface area contributed by atoms with Gasteiger partial charge in [-0.15, -0.1) is 11.3 Å². The maximum Gasteiger partial charge on any atom is 0.338 e. The summed E-state index contributed by atoms with van der Waals surface area (Å²) in [6, 6.07) is 22.6. The Morgan fingerprint density at radius 2 is 1.51 bits per heavy atom. The quantitative estimate of drug-likeness (QED) is 0.294. The van der Waals surface area contributed by atoms with E-state index in [9.17, 15) is 9.59 Å². The second-order valence-electron chi connectivity index (χ2n) is 8.86. The lowest BCUT2D eigenvalue weighted by Crippen LogP contribution is -2.32. The topological polar surface area (TPSA) is 61.8 Å². The molecule has 3 atom stereocenters. The number of ether oxygens (including phenoxy) is 3. The van der Waals surface area contributed by atoms with E-state index in [1.54, 1.807) is 35.6 Å². The Kier molecular flexibility index (Phi) is 6.66. The van der Waals surface area contributed by atoms with Crippen LogP contribution in [0.4, 0.5) is 0 Å². The Morgan fingerprint density at radius 3 is 2.20 bits per heavy atom. The smallest absolute Gasteiger partial charge is 0.338 e. The Labute approximate surface area is 208 Å². The first-order valence-electron chi connectivity index (χ1n) is 11.6. The van der Waals surface area contributed by atoms with Gasteiger partial charge >= 0.3 is 11.9 Å². The van der Waals surface area contributed by atoms with E-state index in [0.717, 1.165) is 22.1 Å². The van der Waals surface area contributed by atoms with E-state index in [1.807, 2.05) is 50.2 Å². The van der Waals surface area contributed by atoms with E-state index in [-0.39, 0.29) is 12.7 Å². The van der Waals surface area contributed by atoms with Crippen LogP contribution in [0.25, 0.3) is 10.1 Å². The van der Waals surface area contributed by atoms with E-state index in [0.29, 0.717) is 17.5 Å². The van der Waals surface area contributed by atoms with Crippen LogP contribution in [0.15, 0.2) is 78.2 Å². The van der Waals surface area contributed by atoms with Gasteiger partial charge in [-0.25, -0.2) is 9.59 Å². The van der Waals surface area contributed by atoms with Crippen molar-refractivity contribution in [3.05, 3.63) is 106 Å². The molecule has 0 bridgehead atoms. The summed E-state index contributed by atoms with van der Waals surface area (Å²) in [5.41, 5.74) is 4.15. The summed E-state index contributed by atoms with van der Waals surface area (Å²) in [5.74, 6) is -0.842. The third-order valence-corrected chi connectivity index (χ3v) is 7.25. The summed E-state index contributed by atoms with van der Waals surface area (Å²) in [5, 5.41) is 3.22. The maximum atomic E-state index is 12.9. The van der Waals surface area contributed by atoms with Crippen molar-refractivity contribution in [1.29, 1.82) is 0 Å². The van der Waals surface area contributed by atoms with Crippen molar-refractivity contribution >= 4 is 33.4 Å². The van der Waals surface area contributed by atoms with Gasteiger partial charge in [-0.3, -0.25) is 0 Å². The molecule has 1 aromatic heterocycles. The Bertz CT molecular complexity index is 1340. The van der Waals surface area contributed by atoms with E-state index in [1.165, 1.54) is 4.70 Å². The standard InChI is InChI=1S/C29H26O5S/c1-18-7-11-20(12-8-18)28(30)32-16-26-25(34-29(31)21-13-9-19(2)10-14-21)15-24(33-26)23-17-35-27-6-4-3-5-22(23)27/h3-14,17,24-26H,15-16H2,1-2H3/t24-,25-,26+/m0/s1. The summed E-state index contributed by atoms with van der Waals surface area (Å²) in [6.45, 7) is 3.92. The van der Waals surface area contributed by atoms with Crippen LogP contribution < -0.4 is 0 Å². The third kappa shape index (κ3) is 5.14. The first-order chi connectivity index (χ1) is 17.0. The van der Waals surface area contributed by atoms with Crippen LogP contribution in [0.3, 0.4) is 0 Å². The van der Waals surface area contributed by atoms with Gasteiger partial charge in [-0.1, -0.05) is 53.6 Å². The van der Waals surface area contributed by atoms with Gasteiger partial charge in [0.25, 0.3) is 0 Å². The summed E-state index contributed by atoms with van der Waals surface area (Å²) in [6.07, 6.45) is -0.878. The minimum absolute atomic E-state index is 0.00285. The minimum atomic E-state index is -0.567. The van der Waals surface area contributed by atoms with Gasteiger partial charge in [-0.2, -0.15) is 0 Å². The van der Waals surface area contributed by atoms with Gasteiger partial charge in [0, 0.05) is 11.1 Å². The number of rotatable bonds is 6. The molecule has 1 aliphatic heterocycles. The highest BCUT2D eigenvalue weighted by molar-refractivity contribution is 7.17. The third-order valence-electron chi connectivity index (χ3n) is 6.27. The average molecular weight is 487 g/mol. The molecule has 178 valence electrons. The molecule has 0 amide bonds. The molecule has 0 unspecified atom stereocenters. The van der Waals surface area contributed by atoms with Gasteiger partial charge in [0.15, 0.2) is 0 Å². The highest BCUT2D eigenvalue weighted by Crippen LogP contribution is 2.40. The van der Waals surface area contributed by atoms with Crippen molar-refractivity contribution in [3.8, 4) is 0 Å². The molecule has 2 heterocycles. The molecule has 1 aliphatic rings. The first kappa shape index (κ1) is 23.3. The highest BCUT2D eigenvalue weighted by Gasteiger charge is 2.40. The number of hydrogen-bond donors (Lipinski definition) is 0. The van der Waals surface area contributed by atoms with Crippen LogP contribution in [0.5, 0.6) is 0 Å². The van der Waals surface area contributed by atoms with Crippen LogP contribution >= 0.6 is 11.3 Å². The second kappa shape index (κ2) is 10.0. The molecule has 0 spiro atoms. The van der Waals surface area contributed by atoms with E-state index < -0.39 is 24.1 Å². The lowest BCUT2D eigenvalue weighted by atomic mass is 10.0. The average Bonchev–Trinajstić information content (AvgIpc) is 3.47. The monoisotopic (exact) mass is 486 g/mol. The van der Waals surface area contributed by atoms with Crippen molar-refractivity contribution in [2.75, 3.05) is 6.61 Å². The Balaban J connectivity index is 1.34. The molecule has 0 aliphatic carbocycles. The molecule has 5 rings (SSSR count). The first-order valence-corrected chi connectivity index (χ1v) is 12.5. The number of carbonyl (C=O) groups is 2. The molecule has 6 heteroatoms. The predicted octanol–water partition coefficient (Wildman–Crippen LogP) is 6.43. The molecular formula is C29H26O5S. The second-order valence-corrected chi connectivity index (χ2v) is 9.77. The number of aryl methyl sites for hydroxylation is 2. The van der Waals surface area contributed by atoms with Gasteiger partial charge in [-0.05, 0) is 60.5 Å². The number of thiophene rings is 1. The lowest BCUT2D eigenvalue weighted by Gasteiger charge is -2.19. The summed E-state index contributed by atoms with van der Waals surface area (Å²) >= 11 is 1.66. The van der Waals surface area contributed by atoms with Crippen LogP contribution in [0, 0.1) is 13.8 Å². The molecule has 1 saturated heterocycles. The zero-order valence-corrected chi connectivity index (χ0v) is 20.4. The molecule has 5 nitrogen and oxygen atoms in total. The maximum absolute atomic E-state index is 12.9. The van der Waals surface area contributed by atoms with Crippen molar-refractivity contribution in [2.45, 2.75) is 38.6 Å². The molecule has 0 saturated carbocycles. The van der Waals surface area contributed by atoms with E-state index in [4.69, 9.17) is 14.2 Å². The van der Waals surface area contributed by atoms with Gasteiger partial charge in [0.2, 0.25) is 0 Å². The fourth-order valence-electron chi connectivity index (χ4n) is 4.26. The van der Waals surface area contributed by atoms with Crippen LogP contribution in [-0.4, -0.2) is 30.8 Å². The Morgan fingerprint density at radius 1 is 0.886 bits per heavy atom. The van der Waals surface area contributed by atoms with Gasteiger partial charge < -0.3 is 14.2 Å². The predicted molar refractivity (Wildman–Crippen MR) is 136 cm³/mol. The summed E-state index contributed by atoms with van der Waals surface area (Å²) < 4.78 is 19.0. The molecule has 3 aromatic carbocycles. The normalized spacial score (nSPS) is 19.5. The molecule has 35 heavy (non-hydrogen) atoms. The fraction of sp³-hybridized carbons (Fsp3) is 0.241. The van der Waals surface area contributed by atoms with Crippen LogP contribution in [0.2, 0.25) is 0 Å². The van der Waals surface area contributed by atoms with Crippen LogP contribution in [0.1, 0.15) is 49.9 Å². The van der Waals surface area contributed by atoms with Crippen LogP contribution in [-0.2, 0) is 14.2 Å². The van der Waals surface area contributed by atoms with Crippen molar-refractivity contribution < 1.29 is 23.8 Å². The summed E-state index contributed by atoms with van der Waals surface area (Å²) in [7, 11) is 0. The Hall–Kier alpha value is -3.48. The largest absolute Gasteiger partial charge is 0.459 e. The molecular weight excluding hydrogens is 460 g/mol. The number of esters is 2. The zero-order valence-electron chi connectivity index (χ0n) is 19.6. The SMILES string of the molecule is Cc1ccc(C(=O)OC[C@H]2O[C@H](c3csc4ccccc34)C[C@@H]2OC(=O)c2ccc(C)cc2)cc1. The molecule has 0 radical (unpaired) electrons. The molecule has 4 aromatic rings. The van der Waals surface area contributed by atoms with Crippen molar-refractivity contribution in [2.24, 2.45) is 0 Å². The number of hydrogen-bond acceptors (Lipinski definition) is 6. The number of fused-ring (bicyclic) bond motifs is 1. The summed E-state index contributed by atoms with van der Waals surface area (Å²) in [4.78, 5) is 25.5. The van der Waals surface area contributed by atoms with E-state index in [2.05, 4.69) is 17.5 Å². The van der Waals surface area contributed by atoms with Crippen molar-refractivity contribution in [3.63, 3.8) is 0 Å². The fourth-order valence-corrected chi connectivity index (χ4v) is 5.26. The van der Waals surface area contributed by atoms with Gasteiger partial charge in [0.1, 0.15) is 18.8 Å². The molecule has 1 fully saturated rings. The number of benzene rings is 3. The lowest BCUT2D eigenvalue weighted by molar-refractivity contribution is -0.0424. The number of carbonyl (C=O) groups excluding carboxylic acids is 2. The molecule has 0 N–H and O–H groups in total. The van der Waals surface area contributed by atoms with Crippen molar-refractivity contribution in [1.82, 2.24) is 0 Å². The highest BCUT2D eigenvalue weighted by atomic mass is 32.1. The minimum Gasteiger partial charge on any atom is -0.459 e. The zero-order chi connectivity index (χ0) is 24.4.